The number of rotatable bonds is 6. The molecule has 2 aliphatic rings. The highest BCUT2D eigenvalue weighted by Gasteiger charge is 2.33. The summed E-state index contributed by atoms with van der Waals surface area (Å²) in [7, 11) is 4.01. The summed E-state index contributed by atoms with van der Waals surface area (Å²) in [6, 6.07) is 8.61. The summed E-state index contributed by atoms with van der Waals surface area (Å²) in [6.07, 6.45) is 6.79. The predicted octanol–water partition coefficient (Wildman–Crippen LogP) is 3.94. The normalized spacial score (nSPS) is 20.2. The van der Waals surface area contributed by atoms with Gasteiger partial charge in [0.2, 0.25) is 5.91 Å². The molecule has 1 aliphatic heterocycles. The second kappa shape index (κ2) is 9.08. The van der Waals surface area contributed by atoms with E-state index in [1.807, 2.05) is 13.1 Å². The molecule has 160 valence electrons. The van der Waals surface area contributed by atoms with Crippen molar-refractivity contribution in [1.29, 1.82) is 0 Å². The van der Waals surface area contributed by atoms with Gasteiger partial charge in [0, 0.05) is 43.7 Å². The van der Waals surface area contributed by atoms with E-state index in [1.54, 1.807) is 17.0 Å². The van der Waals surface area contributed by atoms with Crippen LogP contribution in [0, 0.1) is 5.82 Å². The van der Waals surface area contributed by atoms with Crippen LogP contribution in [-0.4, -0.2) is 47.5 Å². The summed E-state index contributed by atoms with van der Waals surface area (Å²) in [5.74, 6) is 1.30. The molecule has 1 saturated heterocycles. The molecular formula is C23H30FN5O. The summed E-state index contributed by atoms with van der Waals surface area (Å²) >= 11 is 0. The molecule has 0 bridgehead atoms. The molecule has 1 atom stereocenters. The molecule has 1 N–H and O–H groups in total. The Morgan fingerprint density at radius 1 is 1.17 bits per heavy atom. The second-order valence-corrected chi connectivity index (χ2v) is 8.43. The van der Waals surface area contributed by atoms with Crippen LogP contribution >= 0.6 is 0 Å². The van der Waals surface area contributed by atoms with E-state index in [0.29, 0.717) is 25.6 Å². The summed E-state index contributed by atoms with van der Waals surface area (Å²) in [4.78, 5) is 26.2. The molecule has 2 aromatic rings. The van der Waals surface area contributed by atoms with Crippen LogP contribution in [0.25, 0.3) is 0 Å². The average molecular weight is 412 g/mol. The van der Waals surface area contributed by atoms with E-state index in [0.717, 1.165) is 23.0 Å². The van der Waals surface area contributed by atoms with Gasteiger partial charge >= 0.3 is 0 Å². The number of hydrogen-bond acceptors (Lipinski definition) is 5. The zero-order chi connectivity index (χ0) is 21.1. The first-order valence-electron chi connectivity index (χ1n) is 10.9. The number of anilines is 2. The minimum Gasteiger partial charge on any atom is -0.373 e. The number of nitrogens with one attached hydrogen (secondary N) is 1. The Morgan fingerprint density at radius 3 is 2.60 bits per heavy atom. The van der Waals surface area contributed by atoms with Gasteiger partial charge in [0.15, 0.2) is 0 Å². The van der Waals surface area contributed by atoms with Crippen LogP contribution in [-0.2, 0) is 11.3 Å². The lowest BCUT2D eigenvalue weighted by molar-refractivity contribution is -0.117. The summed E-state index contributed by atoms with van der Waals surface area (Å²) < 4.78 is 13.2. The van der Waals surface area contributed by atoms with Crippen molar-refractivity contribution in [2.24, 2.45) is 0 Å². The summed E-state index contributed by atoms with van der Waals surface area (Å²) in [5.41, 5.74) is 1.61. The van der Waals surface area contributed by atoms with Crippen molar-refractivity contribution in [3.63, 3.8) is 0 Å². The molecule has 30 heavy (non-hydrogen) atoms. The first-order chi connectivity index (χ1) is 14.5. The van der Waals surface area contributed by atoms with Crippen LogP contribution in [0.2, 0.25) is 0 Å². The Kier molecular flexibility index (Phi) is 6.27. The van der Waals surface area contributed by atoms with Crippen molar-refractivity contribution in [1.82, 2.24) is 14.9 Å². The minimum absolute atomic E-state index is 0.00334. The van der Waals surface area contributed by atoms with Crippen molar-refractivity contribution >= 4 is 17.4 Å². The molecule has 2 heterocycles. The van der Waals surface area contributed by atoms with Gasteiger partial charge in [0.25, 0.3) is 0 Å². The number of aromatic nitrogens is 2. The Bertz CT molecular complexity index is 882. The van der Waals surface area contributed by atoms with E-state index in [2.05, 4.69) is 22.2 Å². The van der Waals surface area contributed by atoms with Gasteiger partial charge in [-0.3, -0.25) is 9.69 Å². The van der Waals surface area contributed by atoms with Crippen molar-refractivity contribution < 1.29 is 9.18 Å². The van der Waals surface area contributed by atoms with E-state index in [9.17, 15) is 9.18 Å². The standard InChI is InChI=1S/C23H30FN5O/c1-25-21-13-20(26-22(27-21)15-28(2)18-6-4-3-5-7-18)16-12-23(30)29(14-16)19-10-8-17(24)9-11-19/h8-11,13,16,18H,3-7,12,14-15H2,1-2H3,(H,25,26,27)/t16-/m0/s1. The molecule has 1 aliphatic carbocycles. The van der Waals surface area contributed by atoms with E-state index in [1.165, 1.54) is 44.2 Å². The molecule has 6 nitrogen and oxygen atoms in total. The SMILES string of the molecule is CNc1cc([C@H]2CC(=O)N(c3ccc(F)cc3)C2)nc(CN(C)C2CCCCC2)n1. The third-order valence-electron chi connectivity index (χ3n) is 6.32. The molecule has 7 heteroatoms. The van der Waals surface area contributed by atoms with Gasteiger partial charge < -0.3 is 10.2 Å². The average Bonchev–Trinajstić information content (AvgIpc) is 3.16. The molecule has 0 spiro atoms. The fourth-order valence-corrected chi connectivity index (χ4v) is 4.58. The number of amides is 1. The topological polar surface area (TPSA) is 61.4 Å². The highest BCUT2D eigenvalue weighted by Crippen LogP contribution is 2.32. The largest absolute Gasteiger partial charge is 0.373 e. The lowest BCUT2D eigenvalue weighted by Gasteiger charge is -2.30. The third kappa shape index (κ3) is 4.61. The van der Waals surface area contributed by atoms with Crippen molar-refractivity contribution in [2.75, 3.05) is 30.9 Å². The van der Waals surface area contributed by atoms with Crippen LogP contribution in [0.1, 0.15) is 56.0 Å². The van der Waals surface area contributed by atoms with Gasteiger partial charge in [-0.1, -0.05) is 19.3 Å². The Hall–Kier alpha value is -2.54. The van der Waals surface area contributed by atoms with Crippen molar-refractivity contribution in [2.45, 2.75) is 57.0 Å². The maximum Gasteiger partial charge on any atom is 0.227 e. The number of nitrogens with zero attached hydrogens (tertiary/aromatic N) is 4. The number of benzene rings is 1. The van der Waals surface area contributed by atoms with Gasteiger partial charge in [-0.05, 0) is 44.2 Å². The lowest BCUT2D eigenvalue weighted by atomic mass is 9.94. The zero-order valence-electron chi connectivity index (χ0n) is 17.8. The Morgan fingerprint density at radius 2 is 1.90 bits per heavy atom. The number of hydrogen-bond donors (Lipinski definition) is 1. The minimum atomic E-state index is -0.303. The van der Waals surface area contributed by atoms with E-state index >= 15 is 0 Å². The maximum absolute atomic E-state index is 13.2. The molecule has 4 rings (SSSR count). The van der Waals surface area contributed by atoms with Gasteiger partial charge in [-0.15, -0.1) is 0 Å². The molecule has 1 saturated carbocycles. The van der Waals surface area contributed by atoms with Crippen LogP contribution in [0.4, 0.5) is 15.9 Å². The highest BCUT2D eigenvalue weighted by atomic mass is 19.1. The molecule has 0 unspecified atom stereocenters. The van der Waals surface area contributed by atoms with E-state index in [4.69, 9.17) is 4.98 Å². The van der Waals surface area contributed by atoms with Crippen LogP contribution in [0.3, 0.4) is 0 Å². The quantitative estimate of drug-likeness (QED) is 0.780. The van der Waals surface area contributed by atoms with Crippen molar-refractivity contribution in [3.05, 3.63) is 47.7 Å². The molecule has 2 fully saturated rings. The van der Waals surface area contributed by atoms with Crippen LogP contribution < -0.4 is 10.2 Å². The molecule has 1 aromatic heterocycles. The van der Waals surface area contributed by atoms with Crippen LogP contribution in [0.5, 0.6) is 0 Å². The first kappa shape index (κ1) is 20.7. The van der Waals surface area contributed by atoms with E-state index in [-0.39, 0.29) is 17.6 Å². The fraction of sp³-hybridized carbons (Fsp3) is 0.522. The summed E-state index contributed by atoms with van der Waals surface area (Å²) in [5, 5.41) is 3.13. The monoisotopic (exact) mass is 411 g/mol. The Balaban J connectivity index is 1.51. The number of carbonyl (C=O) groups excluding carboxylic acids is 1. The number of carbonyl (C=O) groups is 1. The van der Waals surface area contributed by atoms with Crippen molar-refractivity contribution in [3.8, 4) is 0 Å². The summed E-state index contributed by atoms with van der Waals surface area (Å²) in [6.45, 7) is 1.25. The van der Waals surface area contributed by atoms with Gasteiger partial charge in [-0.2, -0.15) is 0 Å². The molecule has 1 aromatic carbocycles. The van der Waals surface area contributed by atoms with E-state index < -0.39 is 0 Å². The molecule has 1 amide bonds. The van der Waals surface area contributed by atoms with Gasteiger partial charge in [0.1, 0.15) is 17.5 Å². The second-order valence-electron chi connectivity index (χ2n) is 8.43. The zero-order valence-corrected chi connectivity index (χ0v) is 17.8. The van der Waals surface area contributed by atoms with Crippen LogP contribution in [0.15, 0.2) is 30.3 Å². The Labute approximate surface area is 177 Å². The van der Waals surface area contributed by atoms with Gasteiger partial charge in [-0.25, -0.2) is 14.4 Å². The maximum atomic E-state index is 13.2. The lowest BCUT2D eigenvalue weighted by Crippen LogP contribution is -2.33. The molecular weight excluding hydrogens is 381 g/mol. The molecule has 0 radical (unpaired) electrons. The first-order valence-corrected chi connectivity index (χ1v) is 10.9. The smallest absolute Gasteiger partial charge is 0.227 e. The number of halogens is 1. The van der Waals surface area contributed by atoms with Gasteiger partial charge in [0.05, 0.1) is 12.2 Å². The highest BCUT2D eigenvalue weighted by molar-refractivity contribution is 5.96. The predicted molar refractivity (Wildman–Crippen MR) is 116 cm³/mol. The fourth-order valence-electron chi connectivity index (χ4n) is 4.58. The third-order valence-corrected chi connectivity index (χ3v) is 6.32.